The van der Waals surface area contributed by atoms with Crippen LogP contribution in [0.1, 0.15) is 27.7 Å². The molecule has 2 unspecified atom stereocenters. The lowest BCUT2D eigenvalue weighted by Gasteiger charge is -2.32. The van der Waals surface area contributed by atoms with Crippen molar-refractivity contribution in [2.75, 3.05) is 11.5 Å². The summed E-state index contributed by atoms with van der Waals surface area (Å²) < 4.78 is 8.56. The Morgan fingerprint density at radius 1 is 1.33 bits per heavy atom. The van der Waals surface area contributed by atoms with Crippen LogP contribution in [0, 0.1) is 12.3 Å². The van der Waals surface area contributed by atoms with Crippen molar-refractivity contribution in [2.45, 2.75) is 39.8 Å². The van der Waals surface area contributed by atoms with Crippen LogP contribution in [0.2, 0.25) is 0 Å². The Morgan fingerprint density at radius 3 is 2.72 bits per heavy atom. The van der Waals surface area contributed by atoms with Gasteiger partial charge in [0, 0.05) is 17.1 Å². The third-order valence-electron chi connectivity index (χ3n) is 4.31. The molecule has 0 saturated carbocycles. The second-order valence-electron chi connectivity index (χ2n) is 6.08. The van der Waals surface area contributed by atoms with Crippen LogP contribution in [0.5, 0.6) is 0 Å². The van der Waals surface area contributed by atoms with Crippen molar-refractivity contribution in [2.24, 2.45) is 5.41 Å². The molecule has 18 heavy (non-hydrogen) atoms. The maximum absolute atomic E-state index is 8.56. The van der Waals surface area contributed by atoms with Gasteiger partial charge in [0.15, 0.2) is 0 Å². The molecule has 0 amide bonds. The molecule has 2 heterocycles. The van der Waals surface area contributed by atoms with Crippen LogP contribution < -0.4 is 4.90 Å². The number of anilines is 1. The Labute approximate surface area is 111 Å². The van der Waals surface area contributed by atoms with Gasteiger partial charge in [-0.3, -0.25) is 0 Å². The number of aryl methyl sites for hydroxylation is 1. The Morgan fingerprint density at radius 2 is 2.06 bits per heavy atom. The highest BCUT2D eigenvalue weighted by Gasteiger charge is 2.46. The molecule has 2 aliphatic rings. The van der Waals surface area contributed by atoms with Crippen molar-refractivity contribution in [1.82, 2.24) is 4.90 Å². The summed E-state index contributed by atoms with van der Waals surface area (Å²) in [5.41, 5.74) is 2.57. The summed E-state index contributed by atoms with van der Waals surface area (Å²) in [5.74, 6) is 0. The van der Waals surface area contributed by atoms with Gasteiger partial charge in [0.1, 0.15) is 0 Å². The first-order valence-corrected chi connectivity index (χ1v) is 6.66. The fourth-order valence-corrected chi connectivity index (χ4v) is 3.37. The van der Waals surface area contributed by atoms with Gasteiger partial charge < -0.3 is 9.80 Å². The molecule has 0 N–H and O–H groups in total. The zero-order valence-corrected chi connectivity index (χ0v) is 11.6. The fourth-order valence-electron chi connectivity index (χ4n) is 3.37. The Bertz CT molecular complexity index is 523. The first kappa shape index (κ1) is 10.5. The van der Waals surface area contributed by atoms with E-state index in [2.05, 4.69) is 74.0 Å². The number of hydrogen-bond donors (Lipinski definition) is 0. The highest BCUT2D eigenvalue weighted by atomic mass is 15.4. The molecule has 96 valence electrons. The topological polar surface area (TPSA) is 6.48 Å². The van der Waals surface area contributed by atoms with Crippen molar-refractivity contribution in [3.05, 3.63) is 42.1 Å². The number of rotatable bonds is 1. The van der Waals surface area contributed by atoms with Crippen LogP contribution in [0.25, 0.3) is 0 Å². The van der Waals surface area contributed by atoms with Crippen molar-refractivity contribution in [1.29, 1.82) is 0 Å². The van der Waals surface area contributed by atoms with E-state index >= 15 is 0 Å². The van der Waals surface area contributed by atoms with Gasteiger partial charge in [-0.05, 0) is 31.7 Å². The molecule has 2 aliphatic heterocycles. The molecule has 0 radical (unpaired) electrons. The van der Waals surface area contributed by atoms with E-state index in [4.69, 9.17) is 1.37 Å². The van der Waals surface area contributed by atoms with Crippen LogP contribution in [-0.2, 0) is 0 Å². The number of nitrogens with zero attached hydrogens (tertiary/aromatic N) is 2. The zero-order valence-electron chi connectivity index (χ0n) is 12.6. The molecule has 1 fully saturated rings. The molecule has 1 aromatic rings. The Kier molecular flexibility index (Phi) is 2.20. The molecule has 2 nitrogen and oxygen atoms in total. The number of benzene rings is 1. The average Bonchev–Trinajstić information content (AvgIpc) is 2.79. The summed E-state index contributed by atoms with van der Waals surface area (Å²) in [6.45, 7) is 8.57. The zero-order chi connectivity index (χ0) is 13.8. The van der Waals surface area contributed by atoms with Crippen molar-refractivity contribution in [3.8, 4) is 0 Å². The number of para-hydroxylation sites is 1. The van der Waals surface area contributed by atoms with Gasteiger partial charge in [-0.25, -0.2) is 0 Å². The van der Waals surface area contributed by atoms with E-state index in [0.29, 0.717) is 12.1 Å². The van der Waals surface area contributed by atoms with Gasteiger partial charge in [-0.15, -0.1) is 0 Å². The SMILES string of the molecule is [2H]C1N2C=CC(C)(C)C2[C@H](C)N1c1ccccc1C. The maximum Gasteiger partial charge on any atom is 0.0905 e. The summed E-state index contributed by atoms with van der Waals surface area (Å²) in [7, 11) is 0. The smallest absolute Gasteiger partial charge is 0.0905 e. The lowest BCUT2D eigenvalue weighted by molar-refractivity contribution is 0.241. The van der Waals surface area contributed by atoms with Crippen LogP contribution in [0.4, 0.5) is 5.69 Å². The number of hydrogen-bond acceptors (Lipinski definition) is 2. The van der Waals surface area contributed by atoms with E-state index < -0.39 is 0 Å². The van der Waals surface area contributed by atoms with Gasteiger partial charge in [-0.2, -0.15) is 0 Å². The predicted molar refractivity (Wildman–Crippen MR) is 76.5 cm³/mol. The third kappa shape index (κ3) is 1.55. The summed E-state index contributed by atoms with van der Waals surface area (Å²) in [5, 5.41) is 0. The molecule has 1 saturated heterocycles. The van der Waals surface area contributed by atoms with Gasteiger partial charge in [-0.1, -0.05) is 38.1 Å². The van der Waals surface area contributed by atoms with Crippen LogP contribution in [0.3, 0.4) is 0 Å². The molecule has 0 aromatic heterocycles. The van der Waals surface area contributed by atoms with Gasteiger partial charge in [0.05, 0.1) is 14.1 Å². The van der Waals surface area contributed by atoms with Gasteiger partial charge >= 0.3 is 0 Å². The van der Waals surface area contributed by atoms with Crippen molar-refractivity contribution >= 4 is 5.69 Å². The van der Waals surface area contributed by atoms with Crippen LogP contribution in [-0.4, -0.2) is 23.6 Å². The van der Waals surface area contributed by atoms with Crippen LogP contribution >= 0.6 is 0 Å². The molecule has 1 aromatic carbocycles. The van der Waals surface area contributed by atoms with Crippen molar-refractivity contribution < 1.29 is 1.37 Å². The van der Waals surface area contributed by atoms with Crippen LogP contribution in [0.15, 0.2) is 36.5 Å². The fraction of sp³-hybridized carbons (Fsp3) is 0.500. The minimum atomic E-state index is -0.320. The summed E-state index contributed by atoms with van der Waals surface area (Å²) in [4.78, 5) is 4.43. The van der Waals surface area contributed by atoms with E-state index in [9.17, 15) is 0 Å². The second kappa shape index (κ2) is 3.78. The molecule has 0 spiro atoms. The van der Waals surface area contributed by atoms with Gasteiger partial charge in [0.25, 0.3) is 0 Å². The molecule has 3 rings (SSSR count). The minimum absolute atomic E-state index is 0.135. The lowest BCUT2D eigenvalue weighted by Crippen LogP contribution is -2.41. The normalized spacial score (nSPS) is 33.8. The van der Waals surface area contributed by atoms with E-state index in [1.54, 1.807) is 0 Å². The molecular formula is C16H22N2. The third-order valence-corrected chi connectivity index (χ3v) is 4.31. The van der Waals surface area contributed by atoms with E-state index in [0.717, 1.165) is 0 Å². The molecule has 0 aliphatic carbocycles. The minimum Gasteiger partial charge on any atom is -0.354 e. The highest BCUT2D eigenvalue weighted by Crippen LogP contribution is 2.42. The first-order valence-electron chi connectivity index (χ1n) is 7.24. The van der Waals surface area contributed by atoms with E-state index in [1.807, 2.05) is 0 Å². The quantitative estimate of drug-likeness (QED) is 0.746. The van der Waals surface area contributed by atoms with Gasteiger partial charge in [0.2, 0.25) is 0 Å². The highest BCUT2D eigenvalue weighted by molar-refractivity contribution is 5.55. The average molecular weight is 243 g/mol. The monoisotopic (exact) mass is 243 g/mol. The summed E-state index contributed by atoms with van der Waals surface area (Å²) in [6.07, 6.45) is 4.35. The Balaban J connectivity index is 2.02. The predicted octanol–water partition coefficient (Wildman–Crippen LogP) is 3.39. The standard InChI is InChI=1S/C16H22N2/c1-12-7-5-6-8-14(12)18-11-17-10-9-16(3,4)15(17)13(18)2/h5-10,13,15H,11H2,1-4H3/t13-,15?/m0/s1/i11D/t11?,13-,15?. The molecular weight excluding hydrogens is 220 g/mol. The lowest BCUT2D eigenvalue weighted by atomic mass is 9.83. The summed E-state index contributed by atoms with van der Waals surface area (Å²) >= 11 is 0. The molecule has 0 bridgehead atoms. The first-order chi connectivity index (χ1) is 8.93. The number of fused-ring (bicyclic) bond motifs is 1. The van der Waals surface area contributed by atoms with E-state index in [1.165, 1.54) is 11.3 Å². The van der Waals surface area contributed by atoms with Crippen molar-refractivity contribution in [3.63, 3.8) is 0 Å². The molecule has 3 atom stereocenters. The Hall–Kier alpha value is -1.44. The summed E-state index contributed by atoms with van der Waals surface area (Å²) in [6, 6.07) is 9.10. The second-order valence-corrected chi connectivity index (χ2v) is 6.08. The largest absolute Gasteiger partial charge is 0.354 e. The maximum atomic E-state index is 8.56. The van der Waals surface area contributed by atoms with E-state index in [-0.39, 0.29) is 12.1 Å². The molecule has 2 heteroatoms.